The predicted octanol–water partition coefficient (Wildman–Crippen LogP) is 5.24. The smallest absolute Gasteiger partial charge is 0.194 e. The molecule has 1 N–H and O–H groups in total. The fourth-order valence-electron chi connectivity index (χ4n) is 3.44. The topological polar surface area (TPSA) is 53.4 Å². The summed E-state index contributed by atoms with van der Waals surface area (Å²) in [5.41, 5.74) is 4.86. The molecule has 2 aromatic heterocycles. The van der Waals surface area contributed by atoms with Gasteiger partial charge in [-0.3, -0.25) is 9.97 Å². The molecule has 29 heavy (non-hydrogen) atoms. The molecule has 0 unspecified atom stereocenters. The standard InChI is InChI=1S/C22H17N5S2/c28-22(25-16-5-2-1-3-6-16)27-20(14-19(26-27)21-7-4-12-29-21)15-8-9-17-18(13-15)24-11-10-23-17/h1-13,20H,14H2,(H,25,28)/t20-/m1/s1. The Balaban J connectivity index is 1.50. The molecule has 5 nitrogen and oxygen atoms in total. The Bertz CT molecular complexity index is 1190. The average Bonchev–Trinajstić information content (AvgIpc) is 3.44. The SMILES string of the molecule is S=C(Nc1ccccc1)N1N=C(c2cccs2)C[C@@H]1c1ccc2nccnc2c1. The maximum Gasteiger partial charge on any atom is 0.194 e. The summed E-state index contributed by atoms with van der Waals surface area (Å²) < 4.78 is 0. The van der Waals surface area contributed by atoms with Gasteiger partial charge in [0.25, 0.3) is 0 Å². The van der Waals surface area contributed by atoms with Crippen LogP contribution in [0.5, 0.6) is 0 Å². The molecule has 0 fully saturated rings. The minimum absolute atomic E-state index is 0.00205. The number of hydrazone groups is 1. The van der Waals surface area contributed by atoms with Gasteiger partial charge in [0.15, 0.2) is 5.11 Å². The second-order valence-corrected chi connectivity index (χ2v) is 8.02. The molecule has 2 aromatic carbocycles. The Labute approximate surface area is 177 Å². The molecule has 0 amide bonds. The number of nitrogens with zero attached hydrogens (tertiary/aromatic N) is 4. The summed E-state index contributed by atoms with van der Waals surface area (Å²) in [6.07, 6.45) is 4.21. The number of fused-ring (bicyclic) bond motifs is 1. The van der Waals surface area contributed by atoms with Crippen molar-refractivity contribution in [2.75, 3.05) is 5.32 Å². The van der Waals surface area contributed by atoms with Crippen molar-refractivity contribution in [3.63, 3.8) is 0 Å². The van der Waals surface area contributed by atoms with E-state index in [4.69, 9.17) is 17.3 Å². The Morgan fingerprint density at radius 1 is 1.00 bits per heavy atom. The zero-order valence-electron chi connectivity index (χ0n) is 15.4. The van der Waals surface area contributed by atoms with Crippen LogP contribution >= 0.6 is 23.6 Å². The molecule has 0 saturated carbocycles. The third kappa shape index (κ3) is 3.62. The molecule has 0 saturated heterocycles. The Morgan fingerprint density at radius 2 is 1.83 bits per heavy atom. The fourth-order valence-corrected chi connectivity index (χ4v) is 4.45. The van der Waals surface area contributed by atoms with Gasteiger partial charge in [0.1, 0.15) is 0 Å². The van der Waals surface area contributed by atoms with Crippen molar-refractivity contribution < 1.29 is 0 Å². The molecular formula is C22H17N5S2. The first-order valence-electron chi connectivity index (χ1n) is 9.25. The zero-order chi connectivity index (χ0) is 19.6. The summed E-state index contributed by atoms with van der Waals surface area (Å²) in [7, 11) is 0. The maximum absolute atomic E-state index is 5.73. The minimum Gasteiger partial charge on any atom is -0.331 e. The van der Waals surface area contributed by atoms with E-state index in [9.17, 15) is 0 Å². The molecule has 7 heteroatoms. The van der Waals surface area contributed by atoms with Gasteiger partial charge in [0.05, 0.1) is 27.7 Å². The van der Waals surface area contributed by atoms with E-state index in [0.717, 1.165) is 34.4 Å². The average molecular weight is 416 g/mol. The highest BCUT2D eigenvalue weighted by molar-refractivity contribution is 7.80. The molecule has 0 aliphatic carbocycles. The second kappa shape index (κ2) is 7.69. The van der Waals surface area contributed by atoms with Gasteiger partial charge in [-0.2, -0.15) is 5.10 Å². The quantitative estimate of drug-likeness (QED) is 0.464. The number of hydrogen-bond donors (Lipinski definition) is 1. The van der Waals surface area contributed by atoms with Crippen LogP contribution in [0.3, 0.4) is 0 Å². The van der Waals surface area contributed by atoms with E-state index in [1.54, 1.807) is 23.7 Å². The monoisotopic (exact) mass is 415 g/mol. The van der Waals surface area contributed by atoms with E-state index in [1.165, 1.54) is 4.88 Å². The number of para-hydroxylation sites is 1. The first-order chi connectivity index (χ1) is 14.3. The van der Waals surface area contributed by atoms with Gasteiger partial charge < -0.3 is 5.32 Å². The van der Waals surface area contributed by atoms with Crippen molar-refractivity contribution >= 4 is 51.1 Å². The van der Waals surface area contributed by atoms with Crippen molar-refractivity contribution in [3.05, 3.63) is 88.9 Å². The van der Waals surface area contributed by atoms with Crippen molar-refractivity contribution in [2.24, 2.45) is 5.10 Å². The number of thiocarbonyl (C=S) groups is 1. The summed E-state index contributed by atoms with van der Waals surface area (Å²) in [6.45, 7) is 0. The summed E-state index contributed by atoms with van der Waals surface area (Å²) >= 11 is 7.43. The van der Waals surface area contributed by atoms with E-state index in [2.05, 4.69) is 38.9 Å². The molecule has 1 aliphatic rings. The van der Waals surface area contributed by atoms with Crippen LogP contribution in [-0.2, 0) is 0 Å². The highest BCUT2D eigenvalue weighted by atomic mass is 32.1. The normalized spacial score (nSPS) is 16.1. The van der Waals surface area contributed by atoms with Gasteiger partial charge in [-0.15, -0.1) is 11.3 Å². The summed E-state index contributed by atoms with van der Waals surface area (Å²) in [4.78, 5) is 10.00. The number of aromatic nitrogens is 2. The second-order valence-electron chi connectivity index (χ2n) is 6.69. The largest absolute Gasteiger partial charge is 0.331 e. The van der Waals surface area contributed by atoms with Crippen LogP contribution in [0.1, 0.15) is 22.9 Å². The van der Waals surface area contributed by atoms with Crippen LogP contribution < -0.4 is 5.32 Å². The zero-order valence-corrected chi connectivity index (χ0v) is 17.0. The van der Waals surface area contributed by atoms with Crippen LogP contribution in [0.4, 0.5) is 5.69 Å². The van der Waals surface area contributed by atoms with Crippen LogP contribution in [-0.4, -0.2) is 25.8 Å². The molecule has 142 valence electrons. The lowest BCUT2D eigenvalue weighted by molar-refractivity contribution is 0.376. The fraction of sp³-hybridized carbons (Fsp3) is 0.0909. The van der Waals surface area contributed by atoms with Crippen LogP contribution in [0, 0.1) is 0 Å². The van der Waals surface area contributed by atoms with E-state index in [0.29, 0.717) is 5.11 Å². The Kier molecular flexibility index (Phi) is 4.75. The Hall–Kier alpha value is -3.16. The molecule has 4 aromatic rings. The van der Waals surface area contributed by atoms with Crippen molar-refractivity contribution in [1.82, 2.24) is 15.0 Å². The Morgan fingerprint density at radius 3 is 2.62 bits per heavy atom. The molecule has 1 aliphatic heterocycles. The van der Waals surface area contributed by atoms with Gasteiger partial charge in [0, 0.05) is 24.5 Å². The molecule has 0 bridgehead atoms. The lowest BCUT2D eigenvalue weighted by Gasteiger charge is -2.25. The maximum atomic E-state index is 5.73. The van der Waals surface area contributed by atoms with Crippen LogP contribution in [0.2, 0.25) is 0 Å². The molecule has 3 heterocycles. The summed E-state index contributed by atoms with van der Waals surface area (Å²) in [5, 5.41) is 12.8. The number of thiophene rings is 1. The number of benzene rings is 2. The first-order valence-corrected chi connectivity index (χ1v) is 10.5. The number of rotatable bonds is 3. The predicted molar refractivity (Wildman–Crippen MR) is 122 cm³/mol. The third-order valence-corrected chi connectivity index (χ3v) is 6.04. The number of anilines is 1. The molecule has 0 spiro atoms. The van der Waals surface area contributed by atoms with Crippen molar-refractivity contribution in [1.29, 1.82) is 0 Å². The molecule has 0 radical (unpaired) electrons. The van der Waals surface area contributed by atoms with E-state index >= 15 is 0 Å². The first kappa shape index (κ1) is 17.9. The third-order valence-electron chi connectivity index (χ3n) is 4.83. The van der Waals surface area contributed by atoms with Gasteiger partial charge in [0.2, 0.25) is 0 Å². The molecular weight excluding hydrogens is 398 g/mol. The lowest BCUT2D eigenvalue weighted by atomic mass is 10.0. The van der Waals surface area contributed by atoms with Crippen LogP contribution in [0.15, 0.2) is 83.5 Å². The number of nitrogens with one attached hydrogen (secondary N) is 1. The van der Waals surface area contributed by atoms with E-state index < -0.39 is 0 Å². The van der Waals surface area contributed by atoms with Crippen molar-refractivity contribution in [2.45, 2.75) is 12.5 Å². The summed E-state index contributed by atoms with van der Waals surface area (Å²) in [5.74, 6) is 0. The number of hydrogen-bond acceptors (Lipinski definition) is 5. The molecule has 1 atom stereocenters. The minimum atomic E-state index is 0.00205. The lowest BCUT2D eigenvalue weighted by Crippen LogP contribution is -2.31. The van der Waals surface area contributed by atoms with Gasteiger partial charge in [-0.05, 0) is 53.5 Å². The molecule has 5 rings (SSSR count). The highest BCUT2D eigenvalue weighted by Crippen LogP contribution is 2.35. The highest BCUT2D eigenvalue weighted by Gasteiger charge is 2.32. The van der Waals surface area contributed by atoms with E-state index in [-0.39, 0.29) is 6.04 Å². The van der Waals surface area contributed by atoms with Crippen molar-refractivity contribution in [3.8, 4) is 0 Å². The van der Waals surface area contributed by atoms with Gasteiger partial charge in [-0.1, -0.05) is 30.3 Å². The van der Waals surface area contributed by atoms with Gasteiger partial charge in [-0.25, -0.2) is 5.01 Å². The summed E-state index contributed by atoms with van der Waals surface area (Å²) in [6, 6.07) is 20.3. The van der Waals surface area contributed by atoms with Crippen LogP contribution in [0.25, 0.3) is 11.0 Å². The van der Waals surface area contributed by atoms with E-state index in [1.807, 2.05) is 47.5 Å². The van der Waals surface area contributed by atoms with Gasteiger partial charge >= 0.3 is 0 Å².